The minimum absolute atomic E-state index is 0.125. The lowest BCUT2D eigenvalue weighted by Gasteiger charge is -2.35. The molecule has 0 radical (unpaired) electrons. The van der Waals surface area contributed by atoms with E-state index in [0.29, 0.717) is 19.5 Å². The Bertz CT molecular complexity index is 814. The number of carbonyl (C=O) groups is 1. The zero-order valence-corrected chi connectivity index (χ0v) is 17.6. The second-order valence-electron chi connectivity index (χ2n) is 8.27. The highest BCUT2D eigenvalue weighted by Gasteiger charge is 2.24. The fourth-order valence-corrected chi connectivity index (χ4v) is 4.10. The first kappa shape index (κ1) is 19.7. The molecule has 0 atom stereocenters. The Morgan fingerprint density at radius 2 is 1.59 bits per heavy atom. The molecule has 0 aromatic carbocycles. The fraction of sp³-hybridized carbons (Fsp3) is 0.619. The average Bonchev–Trinajstić information content (AvgIpc) is 3.06. The Hall–Kier alpha value is -2.64. The van der Waals surface area contributed by atoms with Crippen LogP contribution in [0.3, 0.4) is 0 Å². The third kappa shape index (κ3) is 4.36. The van der Waals surface area contributed by atoms with Gasteiger partial charge in [-0.05, 0) is 44.7 Å². The number of hydrogen-bond donors (Lipinski definition) is 0. The molecule has 156 valence electrons. The van der Waals surface area contributed by atoms with Crippen molar-refractivity contribution in [3.05, 3.63) is 29.2 Å². The van der Waals surface area contributed by atoms with Crippen LogP contribution in [0.2, 0.25) is 0 Å². The topological polar surface area (TPSA) is 78.6 Å². The van der Waals surface area contributed by atoms with Crippen molar-refractivity contribution in [1.82, 2.24) is 20.3 Å². The maximum absolute atomic E-state index is 12.7. The second-order valence-corrected chi connectivity index (χ2v) is 8.27. The lowest BCUT2D eigenvalue weighted by molar-refractivity contribution is -0.130. The number of carbonyl (C=O) groups excluding carboxylic acids is 1. The standard InChI is InChI=1S/C21H30N6O2/c1-15-6-8-25(9-7-15)19-4-5-20(23-22-19)26-10-12-27(13-11-26)21(28)14-18-16(2)24-29-17(18)3/h4-5,15H,6-14H2,1-3H3. The Kier molecular flexibility index (Phi) is 5.69. The van der Waals surface area contributed by atoms with Crippen LogP contribution in [0.4, 0.5) is 11.6 Å². The van der Waals surface area contributed by atoms with Gasteiger partial charge >= 0.3 is 0 Å². The van der Waals surface area contributed by atoms with Crippen LogP contribution in [0.1, 0.15) is 36.8 Å². The summed E-state index contributed by atoms with van der Waals surface area (Å²) >= 11 is 0. The minimum Gasteiger partial charge on any atom is -0.361 e. The van der Waals surface area contributed by atoms with Crippen LogP contribution in [-0.4, -0.2) is 65.4 Å². The first-order valence-corrected chi connectivity index (χ1v) is 10.5. The molecule has 1 amide bonds. The summed E-state index contributed by atoms with van der Waals surface area (Å²) in [5.41, 5.74) is 1.71. The maximum atomic E-state index is 12.7. The molecule has 29 heavy (non-hydrogen) atoms. The molecular formula is C21H30N6O2. The summed E-state index contributed by atoms with van der Waals surface area (Å²) in [4.78, 5) is 19.1. The lowest BCUT2D eigenvalue weighted by atomic mass is 9.99. The Balaban J connectivity index is 1.30. The zero-order chi connectivity index (χ0) is 20.4. The number of nitrogens with zero attached hydrogens (tertiary/aromatic N) is 6. The van der Waals surface area contributed by atoms with E-state index in [4.69, 9.17) is 4.52 Å². The van der Waals surface area contributed by atoms with Gasteiger partial charge < -0.3 is 19.2 Å². The van der Waals surface area contributed by atoms with Crippen molar-refractivity contribution in [2.24, 2.45) is 5.92 Å². The van der Waals surface area contributed by atoms with Gasteiger partial charge in [-0.15, -0.1) is 10.2 Å². The van der Waals surface area contributed by atoms with Crippen molar-refractivity contribution in [2.45, 2.75) is 40.0 Å². The second kappa shape index (κ2) is 8.39. The van der Waals surface area contributed by atoms with Gasteiger partial charge in [-0.2, -0.15) is 0 Å². The summed E-state index contributed by atoms with van der Waals surface area (Å²) in [7, 11) is 0. The van der Waals surface area contributed by atoms with E-state index in [2.05, 4.69) is 44.2 Å². The minimum atomic E-state index is 0.125. The maximum Gasteiger partial charge on any atom is 0.227 e. The molecule has 4 rings (SSSR count). The molecule has 0 unspecified atom stereocenters. The molecule has 8 nitrogen and oxygen atoms in total. The van der Waals surface area contributed by atoms with Gasteiger partial charge in [-0.3, -0.25) is 4.79 Å². The van der Waals surface area contributed by atoms with E-state index in [9.17, 15) is 4.79 Å². The highest BCUT2D eigenvalue weighted by Crippen LogP contribution is 2.22. The van der Waals surface area contributed by atoms with E-state index in [0.717, 1.165) is 60.8 Å². The van der Waals surface area contributed by atoms with Crippen LogP contribution >= 0.6 is 0 Å². The highest BCUT2D eigenvalue weighted by atomic mass is 16.5. The van der Waals surface area contributed by atoms with Gasteiger partial charge in [0, 0.05) is 44.8 Å². The quantitative estimate of drug-likeness (QED) is 0.781. The summed E-state index contributed by atoms with van der Waals surface area (Å²) in [6.45, 7) is 11.1. The summed E-state index contributed by atoms with van der Waals surface area (Å²) in [6, 6.07) is 4.13. The average molecular weight is 399 g/mol. The monoisotopic (exact) mass is 398 g/mol. The molecule has 0 spiro atoms. The SMILES string of the molecule is Cc1noc(C)c1CC(=O)N1CCN(c2ccc(N3CCC(C)CC3)nn2)CC1. The Morgan fingerprint density at radius 3 is 2.10 bits per heavy atom. The van der Waals surface area contributed by atoms with Gasteiger partial charge in [0.05, 0.1) is 12.1 Å². The van der Waals surface area contributed by atoms with Crippen LogP contribution in [0.15, 0.2) is 16.7 Å². The number of anilines is 2. The number of aromatic nitrogens is 3. The van der Waals surface area contributed by atoms with E-state index < -0.39 is 0 Å². The van der Waals surface area contributed by atoms with Gasteiger partial charge in [-0.25, -0.2) is 0 Å². The molecule has 2 saturated heterocycles. The highest BCUT2D eigenvalue weighted by molar-refractivity contribution is 5.79. The molecule has 2 fully saturated rings. The van der Waals surface area contributed by atoms with Gasteiger partial charge in [0.15, 0.2) is 11.6 Å². The molecule has 0 bridgehead atoms. The number of rotatable bonds is 4. The molecule has 2 aliphatic rings. The molecule has 0 saturated carbocycles. The van der Waals surface area contributed by atoms with Gasteiger partial charge in [0.2, 0.25) is 5.91 Å². The van der Waals surface area contributed by atoms with Crippen LogP contribution in [0, 0.1) is 19.8 Å². The van der Waals surface area contributed by atoms with Gasteiger partial charge in [-0.1, -0.05) is 12.1 Å². The van der Waals surface area contributed by atoms with E-state index in [1.165, 1.54) is 12.8 Å². The number of hydrogen-bond acceptors (Lipinski definition) is 7. The number of piperidine rings is 1. The van der Waals surface area contributed by atoms with Crippen molar-refractivity contribution >= 4 is 17.5 Å². The first-order valence-electron chi connectivity index (χ1n) is 10.5. The third-order valence-corrected chi connectivity index (χ3v) is 6.21. The predicted octanol–water partition coefficient (Wildman–Crippen LogP) is 2.21. The van der Waals surface area contributed by atoms with Crippen molar-refractivity contribution in [1.29, 1.82) is 0 Å². The van der Waals surface area contributed by atoms with Crippen LogP contribution in [0.5, 0.6) is 0 Å². The summed E-state index contributed by atoms with van der Waals surface area (Å²) in [5, 5.41) is 12.9. The molecule has 2 aromatic rings. The van der Waals surface area contributed by atoms with Crippen molar-refractivity contribution in [3.8, 4) is 0 Å². The van der Waals surface area contributed by atoms with Crippen molar-refractivity contribution in [2.75, 3.05) is 49.1 Å². The first-order chi connectivity index (χ1) is 14.0. The smallest absolute Gasteiger partial charge is 0.227 e. The number of piperazine rings is 1. The van der Waals surface area contributed by atoms with E-state index >= 15 is 0 Å². The fourth-order valence-electron chi connectivity index (χ4n) is 4.10. The van der Waals surface area contributed by atoms with E-state index in [1.807, 2.05) is 18.7 Å². The number of amides is 1. The van der Waals surface area contributed by atoms with E-state index in [-0.39, 0.29) is 5.91 Å². The van der Waals surface area contributed by atoms with Crippen molar-refractivity contribution in [3.63, 3.8) is 0 Å². The molecule has 8 heteroatoms. The van der Waals surface area contributed by atoms with Crippen LogP contribution in [-0.2, 0) is 11.2 Å². The molecule has 0 N–H and O–H groups in total. The Labute approximate surface area is 171 Å². The third-order valence-electron chi connectivity index (χ3n) is 6.21. The number of aryl methyl sites for hydroxylation is 2. The van der Waals surface area contributed by atoms with Gasteiger partial charge in [0.25, 0.3) is 0 Å². The molecule has 0 aliphatic carbocycles. The summed E-state index contributed by atoms with van der Waals surface area (Å²) < 4.78 is 5.17. The molecule has 2 aromatic heterocycles. The largest absolute Gasteiger partial charge is 0.361 e. The Morgan fingerprint density at radius 1 is 1.00 bits per heavy atom. The normalized spacial score (nSPS) is 18.4. The van der Waals surface area contributed by atoms with Crippen LogP contribution < -0.4 is 9.80 Å². The summed E-state index contributed by atoms with van der Waals surface area (Å²) in [6.07, 6.45) is 2.78. The molecule has 4 heterocycles. The van der Waals surface area contributed by atoms with Crippen LogP contribution in [0.25, 0.3) is 0 Å². The lowest BCUT2D eigenvalue weighted by Crippen LogP contribution is -2.49. The predicted molar refractivity (Wildman–Crippen MR) is 111 cm³/mol. The van der Waals surface area contributed by atoms with Crippen molar-refractivity contribution < 1.29 is 9.32 Å². The molecular weight excluding hydrogens is 368 g/mol. The van der Waals surface area contributed by atoms with E-state index in [1.54, 1.807) is 0 Å². The molecule has 2 aliphatic heterocycles. The van der Waals surface area contributed by atoms with Gasteiger partial charge in [0.1, 0.15) is 5.76 Å². The zero-order valence-electron chi connectivity index (χ0n) is 17.6. The summed E-state index contributed by atoms with van der Waals surface area (Å²) in [5.74, 6) is 3.51.